The molecule has 1 aliphatic rings. The van der Waals surface area contributed by atoms with E-state index in [0.717, 1.165) is 47.8 Å². The lowest BCUT2D eigenvalue weighted by Gasteiger charge is -2.08. The van der Waals surface area contributed by atoms with Crippen molar-refractivity contribution in [3.8, 4) is 5.75 Å². The fraction of sp³-hybridized carbons (Fsp3) is 0.400. The van der Waals surface area contributed by atoms with Crippen LogP contribution < -0.4 is 4.74 Å². The molecule has 0 aliphatic heterocycles. The number of fused-ring (bicyclic) bond motifs is 1. The summed E-state index contributed by atoms with van der Waals surface area (Å²) in [5.74, 6) is 1.84. The van der Waals surface area contributed by atoms with Crippen LogP contribution in [-0.4, -0.2) is 11.6 Å². The SMILES string of the molecule is C=C(CC)CCc1cccc(OCC2CC2)c1.CC.Clc1nc2ccccc2s1. The first-order valence-corrected chi connectivity index (χ1v) is 11.7. The van der Waals surface area contributed by atoms with Gasteiger partial charge in [0.2, 0.25) is 0 Å². The molecule has 0 amide bonds. The number of aromatic nitrogens is 1. The van der Waals surface area contributed by atoms with Crippen molar-refractivity contribution in [1.29, 1.82) is 0 Å². The summed E-state index contributed by atoms with van der Waals surface area (Å²) in [4.78, 5) is 4.10. The second kappa shape index (κ2) is 12.7. The van der Waals surface area contributed by atoms with Crippen molar-refractivity contribution in [3.63, 3.8) is 0 Å². The smallest absolute Gasteiger partial charge is 0.184 e. The average molecular weight is 430 g/mol. The molecule has 1 aliphatic carbocycles. The van der Waals surface area contributed by atoms with Gasteiger partial charge in [0.1, 0.15) is 5.75 Å². The number of hydrogen-bond donors (Lipinski definition) is 0. The van der Waals surface area contributed by atoms with Gasteiger partial charge in [0.15, 0.2) is 4.47 Å². The van der Waals surface area contributed by atoms with Crippen molar-refractivity contribution < 1.29 is 4.74 Å². The zero-order valence-electron chi connectivity index (χ0n) is 17.8. The van der Waals surface area contributed by atoms with Gasteiger partial charge in [0, 0.05) is 0 Å². The molecule has 0 N–H and O–H groups in total. The first-order chi connectivity index (χ1) is 14.1. The molecule has 1 aromatic heterocycles. The highest BCUT2D eigenvalue weighted by Gasteiger charge is 2.21. The van der Waals surface area contributed by atoms with Crippen molar-refractivity contribution in [1.82, 2.24) is 4.98 Å². The maximum absolute atomic E-state index is 5.78. The Kier molecular flexibility index (Phi) is 10.2. The molecule has 1 saturated carbocycles. The van der Waals surface area contributed by atoms with Gasteiger partial charge in [-0.05, 0) is 67.9 Å². The highest BCUT2D eigenvalue weighted by Crippen LogP contribution is 2.29. The van der Waals surface area contributed by atoms with E-state index in [2.05, 4.69) is 42.8 Å². The van der Waals surface area contributed by atoms with Crippen molar-refractivity contribution in [2.45, 2.75) is 52.9 Å². The molecule has 2 aromatic carbocycles. The third-order valence-corrected chi connectivity index (χ3v) is 5.76. The van der Waals surface area contributed by atoms with Crippen LogP contribution in [0.5, 0.6) is 5.75 Å². The normalized spacial score (nSPS) is 12.4. The zero-order valence-corrected chi connectivity index (χ0v) is 19.4. The van der Waals surface area contributed by atoms with E-state index in [0.29, 0.717) is 4.47 Å². The van der Waals surface area contributed by atoms with Crippen LogP contribution in [0.1, 0.15) is 52.0 Å². The lowest BCUT2D eigenvalue weighted by Crippen LogP contribution is -1.99. The monoisotopic (exact) mass is 429 g/mol. The predicted octanol–water partition coefficient (Wildman–Crippen LogP) is 8.35. The minimum Gasteiger partial charge on any atom is -0.493 e. The Morgan fingerprint density at radius 3 is 2.62 bits per heavy atom. The second-order valence-electron chi connectivity index (χ2n) is 6.94. The highest BCUT2D eigenvalue weighted by molar-refractivity contribution is 7.22. The Morgan fingerprint density at radius 2 is 1.93 bits per heavy atom. The number of benzene rings is 2. The van der Waals surface area contributed by atoms with E-state index in [1.54, 1.807) is 0 Å². The number of hydrogen-bond acceptors (Lipinski definition) is 3. The Labute approximate surface area is 184 Å². The third kappa shape index (κ3) is 8.59. The molecule has 0 saturated heterocycles. The van der Waals surface area contributed by atoms with Crippen LogP contribution in [-0.2, 0) is 6.42 Å². The summed E-state index contributed by atoms with van der Waals surface area (Å²) in [6.07, 6.45) is 5.93. The Morgan fingerprint density at radius 1 is 1.17 bits per heavy atom. The maximum atomic E-state index is 5.78. The highest BCUT2D eigenvalue weighted by atomic mass is 35.5. The molecule has 3 aromatic rings. The van der Waals surface area contributed by atoms with Crippen molar-refractivity contribution in [2.75, 3.05) is 6.61 Å². The van der Waals surface area contributed by atoms with Gasteiger partial charge in [-0.2, -0.15) is 0 Å². The Hall–Kier alpha value is -1.84. The van der Waals surface area contributed by atoms with E-state index in [1.165, 1.54) is 35.3 Å². The molecule has 2 nitrogen and oxygen atoms in total. The predicted molar refractivity (Wildman–Crippen MR) is 128 cm³/mol. The first kappa shape index (κ1) is 23.4. The zero-order chi connectivity index (χ0) is 21.1. The van der Waals surface area contributed by atoms with Crippen LogP contribution in [0.4, 0.5) is 0 Å². The largest absolute Gasteiger partial charge is 0.493 e. The van der Waals surface area contributed by atoms with Crippen molar-refractivity contribution >= 4 is 33.2 Å². The molecule has 0 bridgehead atoms. The summed E-state index contributed by atoms with van der Waals surface area (Å²) in [6.45, 7) is 11.1. The molecule has 0 spiro atoms. The van der Waals surface area contributed by atoms with Crippen LogP contribution in [0.15, 0.2) is 60.7 Å². The van der Waals surface area contributed by atoms with E-state index < -0.39 is 0 Å². The maximum Gasteiger partial charge on any atom is 0.184 e. The minimum atomic E-state index is 0.612. The second-order valence-corrected chi connectivity index (χ2v) is 8.55. The van der Waals surface area contributed by atoms with Gasteiger partial charge < -0.3 is 4.74 Å². The molecular formula is C25H32ClNOS. The molecule has 4 rings (SSSR count). The summed E-state index contributed by atoms with van der Waals surface area (Å²) in [5.41, 5.74) is 3.67. The van der Waals surface area contributed by atoms with Crippen LogP contribution >= 0.6 is 22.9 Å². The molecule has 0 atom stereocenters. The summed E-state index contributed by atoms with van der Waals surface area (Å²) in [5, 5.41) is 0. The Balaban J connectivity index is 0.000000212. The van der Waals surface area contributed by atoms with Crippen LogP contribution in [0.2, 0.25) is 4.47 Å². The number of thiazole rings is 1. The van der Waals surface area contributed by atoms with E-state index in [-0.39, 0.29) is 0 Å². The number of rotatable bonds is 7. The lowest BCUT2D eigenvalue weighted by atomic mass is 10.0. The van der Waals surface area contributed by atoms with Crippen LogP contribution in [0, 0.1) is 5.92 Å². The van der Waals surface area contributed by atoms with Gasteiger partial charge in [-0.15, -0.1) is 11.3 Å². The molecular weight excluding hydrogens is 398 g/mol. The fourth-order valence-corrected chi connectivity index (χ4v) is 3.66. The van der Waals surface area contributed by atoms with Gasteiger partial charge in [-0.3, -0.25) is 0 Å². The quantitative estimate of drug-likeness (QED) is 0.352. The minimum absolute atomic E-state index is 0.612. The number of ether oxygens (including phenoxy) is 1. The summed E-state index contributed by atoms with van der Waals surface area (Å²) in [7, 11) is 0. The number of aryl methyl sites for hydroxylation is 1. The molecule has 29 heavy (non-hydrogen) atoms. The van der Waals surface area contributed by atoms with Crippen LogP contribution in [0.3, 0.4) is 0 Å². The molecule has 156 valence electrons. The van der Waals surface area contributed by atoms with E-state index in [9.17, 15) is 0 Å². The number of nitrogens with zero attached hydrogens (tertiary/aromatic N) is 1. The number of para-hydroxylation sites is 1. The Bertz CT molecular complexity index is 852. The van der Waals surface area contributed by atoms with E-state index in [4.69, 9.17) is 16.3 Å². The molecule has 0 unspecified atom stereocenters. The van der Waals surface area contributed by atoms with E-state index in [1.807, 2.05) is 38.1 Å². The summed E-state index contributed by atoms with van der Waals surface area (Å²) >= 11 is 7.20. The van der Waals surface area contributed by atoms with Gasteiger partial charge in [0.05, 0.1) is 16.8 Å². The third-order valence-electron chi connectivity index (χ3n) is 4.62. The average Bonchev–Trinajstić information content (AvgIpc) is 3.51. The summed E-state index contributed by atoms with van der Waals surface area (Å²) < 4.78 is 7.54. The fourth-order valence-electron chi connectivity index (χ4n) is 2.63. The molecule has 4 heteroatoms. The van der Waals surface area contributed by atoms with Gasteiger partial charge in [0.25, 0.3) is 0 Å². The van der Waals surface area contributed by atoms with E-state index >= 15 is 0 Å². The van der Waals surface area contributed by atoms with Crippen LogP contribution in [0.25, 0.3) is 10.2 Å². The number of halogens is 1. The topological polar surface area (TPSA) is 22.1 Å². The molecule has 0 radical (unpaired) electrons. The van der Waals surface area contributed by atoms with Gasteiger partial charge in [-0.1, -0.05) is 68.8 Å². The first-order valence-electron chi connectivity index (χ1n) is 10.5. The molecule has 1 fully saturated rings. The lowest BCUT2D eigenvalue weighted by molar-refractivity contribution is 0.299. The van der Waals surface area contributed by atoms with Gasteiger partial charge in [-0.25, -0.2) is 4.98 Å². The van der Waals surface area contributed by atoms with Crippen molar-refractivity contribution in [2.24, 2.45) is 5.92 Å². The standard InChI is InChI=1S/C16H22O.C7H4ClNS.C2H6/c1-3-13(2)7-8-14-5-4-6-16(11-14)17-12-15-9-10-15;8-7-9-5-3-1-2-4-6(5)10-7;1-2/h4-6,11,15H,2-3,7-10,12H2,1H3;1-4H;1-2H3. The molecule has 1 heterocycles. The van der Waals surface area contributed by atoms with Crippen molar-refractivity contribution in [3.05, 3.63) is 70.7 Å². The number of allylic oxidation sites excluding steroid dienone is 1. The van der Waals surface area contributed by atoms with Gasteiger partial charge >= 0.3 is 0 Å². The summed E-state index contributed by atoms with van der Waals surface area (Å²) in [6, 6.07) is 16.4.